The normalized spacial score (nSPS) is 26.9. The third-order valence-corrected chi connectivity index (χ3v) is 4.40. The van der Waals surface area contributed by atoms with Crippen LogP contribution in [0.1, 0.15) is 46.5 Å². The molecule has 1 heterocycles. The molecule has 0 aromatic carbocycles. The Labute approximate surface area is 129 Å². The highest BCUT2D eigenvalue weighted by Crippen LogP contribution is 2.29. The summed E-state index contributed by atoms with van der Waals surface area (Å²) in [4.78, 5) is 36.5. The second-order valence-corrected chi connectivity index (χ2v) is 7.40. The van der Waals surface area contributed by atoms with Crippen molar-refractivity contribution >= 4 is 29.0 Å². The Morgan fingerprint density at radius 2 is 1.86 bits per heavy atom. The van der Waals surface area contributed by atoms with Gasteiger partial charge in [-0.25, -0.2) is 4.79 Å². The summed E-state index contributed by atoms with van der Waals surface area (Å²) in [5.41, 5.74) is -0.507. The fourth-order valence-corrected chi connectivity index (χ4v) is 3.45. The van der Waals surface area contributed by atoms with Crippen molar-refractivity contribution in [1.82, 2.24) is 10.2 Å². The highest BCUT2D eigenvalue weighted by atomic mass is 32.2. The van der Waals surface area contributed by atoms with Gasteiger partial charge in [0, 0.05) is 12.1 Å². The molecule has 1 saturated heterocycles. The number of nitrogens with one attached hydrogen (secondary N) is 1. The van der Waals surface area contributed by atoms with Gasteiger partial charge in [0.2, 0.25) is 5.91 Å². The second kappa shape index (κ2) is 6.25. The van der Waals surface area contributed by atoms with Gasteiger partial charge in [0.15, 0.2) is 0 Å². The van der Waals surface area contributed by atoms with Crippen LogP contribution in [0.15, 0.2) is 0 Å². The van der Waals surface area contributed by atoms with Crippen molar-refractivity contribution < 1.29 is 19.1 Å². The Morgan fingerprint density at radius 1 is 1.24 bits per heavy atom. The lowest BCUT2D eigenvalue weighted by Gasteiger charge is -2.33. The molecular weight excluding hydrogens is 292 g/mol. The molecule has 0 aromatic heterocycles. The highest BCUT2D eigenvalue weighted by Gasteiger charge is 2.38. The number of hydrogen-bond donors (Lipinski definition) is 1. The van der Waals surface area contributed by atoms with Crippen LogP contribution in [-0.2, 0) is 9.53 Å². The van der Waals surface area contributed by atoms with Crippen LogP contribution in [0.3, 0.4) is 0 Å². The van der Waals surface area contributed by atoms with Crippen LogP contribution in [0.5, 0.6) is 0 Å². The van der Waals surface area contributed by atoms with Crippen LogP contribution in [0.2, 0.25) is 0 Å². The van der Waals surface area contributed by atoms with Gasteiger partial charge in [0.25, 0.3) is 5.24 Å². The number of nitrogens with zero attached hydrogens (tertiary/aromatic N) is 1. The molecule has 1 N–H and O–H groups in total. The third kappa shape index (κ3) is 4.36. The standard InChI is InChI=1S/C14H22N2O4S/c1-14(2,3)20-12(18)15-9-4-6-10(7-5-9)16-11(17)8-21-13(16)19/h9-10H,4-8H2,1-3H3,(H,15,18). The average Bonchev–Trinajstić information content (AvgIpc) is 2.68. The topological polar surface area (TPSA) is 75.7 Å². The van der Waals surface area contributed by atoms with E-state index in [1.807, 2.05) is 20.8 Å². The molecular formula is C14H22N2O4S. The van der Waals surface area contributed by atoms with Crippen molar-refractivity contribution in [3.8, 4) is 0 Å². The van der Waals surface area contributed by atoms with E-state index in [1.165, 1.54) is 4.90 Å². The molecule has 6 nitrogen and oxygen atoms in total. The fraction of sp³-hybridized carbons (Fsp3) is 0.786. The Kier molecular flexibility index (Phi) is 4.81. The summed E-state index contributed by atoms with van der Waals surface area (Å²) in [6, 6.07) is 0.0354. The maximum atomic E-state index is 11.7. The molecule has 1 aliphatic heterocycles. The van der Waals surface area contributed by atoms with Crippen molar-refractivity contribution in [2.75, 3.05) is 5.75 Å². The number of alkyl carbamates (subject to hydrolysis) is 1. The zero-order valence-corrected chi connectivity index (χ0v) is 13.5. The Bertz CT molecular complexity index is 423. The lowest BCUT2D eigenvalue weighted by Crippen LogP contribution is -2.46. The van der Waals surface area contributed by atoms with Gasteiger partial charge in [-0.15, -0.1) is 0 Å². The lowest BCUT2D eigenvalue weighted by atomic mass is 9.90. The van der Waals surface area contributed by atoms with E-state index in [2.05, 4.69) is 5.32 Å². The Balaban J connectivity index is 1.79. The summed E-state index contributed by atoms with van der Waals surface area (Å²) >= 11 is 1.07. The summed E-state index contributed by atoms with van der Waals surface area (Å²) in [5.74, 6) is 0.170. The van der Waals surface area contributed by atoms with E-state index in [0.717, 1.165) is 37.4 Å². The number of imide groups is 1. The van der Waals surface area contributed by atoms with Crippen LogP contribution in [-0.4, -0.2) is 45.6 Å². The van der Waals surface area contributed by atoms with Gasteiger partial charge in [-0.2, -0.15) is 0 Å². The highest BCUT2D eigenvalue weighted by molar-refractivity contribution is 8.14. The number of carbonyl (C=O) groups is 3. The maximum Gasteiger partial charge on any atom is 0.407 e. The maximum absolute atomic E-state index is 11.7. The van der Waals surface area contributed by atoms with Gasteiger partial charge < -0.3 is 10.1 Å². The van der Waals surface area contributed by atoms with Crippen molar-refractivity contribution in [3.05, 3.63) is 0 Å². The summed E-state index contributed by atoms with van der Waals surface area (Å²) in [6.45, 7) is 5.48. The predicted octanol–water partition coefficient (Wildman–Crippen LogP) is 2.52. The van der Waals surface area contributed by atoms with E-state index < -0.39 is 11.7 Å². The molecule has 0 unspecified atom stereocenters. The molecule has 2 rings (SSSR count). The minimum Gasteiger partial charge on any atom is -0.444 e. The zero-order valence-electron chi connectivity index (χ0n) is 12.7. The van der Waals surface area contributed by atoms with Gasteiger partial charge in [0.05, 0.1) is 5.75 Å². The summed E-state index contributed by atoms with van der Waals surface area (Å²) in [6.07, 6.45) is 2.57. The molecule has 0 atom stereocenters. The van der Waals surface area contributed by atoms with Crippen molar-refractivity contribution in [2.45, 2.75) is 64.1 Å². The van der Waals surface area contributed by atoms with Gasteiger partial charge in [-0.1, -0.05) is 11.8 Å². The molecule has 1 aliphatic carbocycles. The number of rotatable bonds is 2. The first kappa shape index (κ1) is 16.1. The number of ether oxygens (including phenoxy) is 1. The summed E-state index contributed by atoms with van der Waals surface area (Å²) in [7, 11) is 0. The Hall–Kier alpha value is -1.24. The molecule has 7 heteroatoms. The predicted molar refractivity (Wildman–Crippen MR) is 80.1 cm³/mol. The molecule has 21 heavy (non-hydrogen) atoms. The van der Waals surface area contributed by atoms with Crippen LogP contribution >= 0.6 is 11.8 Å². The minimum atomic E-state index is -0.507. The first-order valence-electron chi connectivity index (χ1n) is 7.24. The smallest absolute Gasteiger partial charge is 0.407 e. The SMILES string of the molecule is CC(C)(C)OC(=O)NC1CCC(N2C(=O)CSC2=O)CC1. The fourth-order valence-electron chi connectivity index (χ4n) is 2.67. The van der Waals surface area contributed by atoms with E-state index in [9.17, 15) is 14.4 Å². The number of hydrogen-bond acceptors (Lipinski definition) is 5. The van der Waals surface area contributed by atoms with Crippen molar-refractivity contribution in [2.24, 2.45) is 0 Å². The van der Waals surface area contributed by atoms with Gasteiger partial charge in [-0.05, 0) is 46.5 Å². The van der Waals surface area contributed by atoms with Crippen molar-refractivity contribution in [1.29, 1.82) is 0 Å². The molecule has 0 bridgehead atoms. The third-order valence-electron chi connectivity index (χ3n) is 3.57. The molecule has 0 radical (unpaired) electrons. The monoisotopic (exact) mass is 314 g/mol. The number of thioether (sulfide) groups is 1. The quantitative estimate of drug-likeness (QED) is 0.847. The van der Waals surface area contributed by atoms with Crippen molar-refractivity contribution in [3.63, 3.8) is 0 Å². The van der Waals surface area contributed by atoms with Gasteiger partial charge in [-0.3, -0.25) is 14.5 Å². The molecule has 1 saturated carbocycles. The second-order valence-electron chi connectivity index (χ2n) is 6.47. The first-order chi connectivity index (χ1) is 9.76. The minimum absolute atomic E-state index is 0.0170. The zero-order chi connectivity index (χ0) is 15.6. The van der Waals surface area contributed by atoms with E-state index >= 15 is 0 Å². The molecule has 118 valence electrons. The van der Waals surface area contributed by atoms with E-state index in [4.69, 9.17) is 4.74 Å². The van der Waals surface area contributed by atoms with Crippen LogP contribution < -0.4 is 5.32 Å². The molecule has 2 fully saturated rings. The van der Waals surface area contributed by atoms with Gasteiger partial charge >= 0.3 is 6.09 Å². The number of carbonyl (C=O) groups excluding carboxylic acids is 3. The average molecular weight is 314 g/mol. The molecule has 3 amide bonds. The Morgan fingerprint density at radius 3 is 2.33 bits per heavy atom. The van der Waals surface area contributed by atoms with E-state index in [1.54, 1.807) is 0 Å². The molecule has 2 aliphatic rings. The van der Waals surface area contributed by atoms with E-state index in [0.29, 0.717) is 0 Å². The van der Waals surface area contributed by atoms with Gasteiger partial charge in [0.1, 0.15) is 5.60 Å². The summed E-state index contributed by atoms with van der Waals surface area (Å²) < 4.78 is 5.23. The van der Waals surface area contributed by atoms with E-state index in [-0.39, 0.29) is 29.0 Å². The largest absolute Gasteiger partial charge is 0.444 e. The van der Waals surface area contributed by atoms with Crippen LogP contribution in [0, 0.1) is 0 Å². The first-order valence-corrected chi connectivity index (χ1v) is 8.23. The van der Waals surface area contributed by atoms with Crippen LogP contribution in [0.4, 0.5) is 9.59 Å². The van der Waals surface area contributed by atoms with Crippen LogP contribution in [0.25, 0.3) is 0 Å². The molecule has 0 spiro atoms. The molecule has 0 aromatic rings. The number of amides is 3. The lowest BCUT2D eigenvalue weighted by molar-refractivity contribution is -0.126. The summed E-state index contributed by atoms with van der Waals surface area (Å²) in [5, 5.41) is 2.72.